The molecule has 0 radical (unpaired) electrons. The van der Waals surface area contributed by atoms with Crippen LogP contribution < -0.4 is 5.32 Å². The van der Waals surface area contributed by atoms with E-state index >= 15 is 0 Å². The summed E-state index contributed by atoms with van der Waals surface area (Å²) in [5.41, 5.74) is -0.493. The van der Waals surface area contributed by atoms with Gasteiger partial charge in [0.2, 0.25) is 11.7 Å². The number of nitrogens with zero attached hydrogens (tertiary/aromatic N) is 4. The van der Waals surface area contributed by atoms with Crippen molar-refractivity contribution in [1.82, 2.24) is 20.2 Å². The first kappa shape index (κ1) is 17.5. The maximum absolute atomic E-state index is 13.2. The number of carbonyl (C=O) groups excluding carboxylic acids is 1. The molecule has 0 bridgehead atoms. The van der Waals surface area contributed by atoms with Gasteiger partial charge in [-0.15, -0.1) is 10.2 Å². The number of benzene rings is 2. The van der Waals surface area contributed by atoms with Gasteiger partial charge in [-0.05, 0) is 35.5 Å². The highest BCUT2D eigenvalue weighted by atomic mass is 19.4. The fraction of sp³-hybridized carbons (Fsp3) is 0.125. The van der Waals surface area contributed by atoms with Crippen molar-refractivity contribution < 1.29 is 22.4 Å². The third-order valence-corrected chi connectivity index (χ3v) is 3.29. The molecule has 2 aromatic carbocycles. The van der Waals surface area contributed by atoms with E-state index in [1.54, 1.807) is 6.07 Å². The highest BCUT2D eigenvalue weighted by Crippen LogP contribution is 2.30. The Kier molecular flexibility index (Phi) is 4.65. The molecule has 6 nitrogen and oxygen atoms in total. The van der Waals surface area contributed by atoms with E-state index in [-0.39, 0.29) is 18.1 Å². The van der Waals surface area contributed by atoms with E-state index in [1.165, 1.54) is 30.3 Å². The van der Waals surface area contributed by atoms with Crippen LogP contribution in [0.1, 0.15) is 5.56 Å². The van der Waals surface area contributed by atoms with Gasteiger partial charge in [-0.1, -0.05) is 18.2 Å². The van der Waals surface area contributed by atoms with Crippen molar-refractivity contribution in [3.63, 3.8) is 0 Å². The molecule has 0 fully saturated rings. The summed E-state index contributed by atoms with van der Waals surface area (Å²) in [6.07, 6.45) is -4.51. The van der Waals surface area contributed by atoms with Crippen LogP contribution in [-0.4, -0.2) is 26.1 Å². The summed E-state index contributed by atoms with van der Waals surface area (Å²) >= 11 is 0. The standard InChI is InChI=1S/C16H11F4N5O/c17-12-5-1-3-10(7-12)15-22-24-25(23-15)9-14(26)21-13-6-2-4-11(8-13)16(18,19)20/h1-8H,9H2,(H,21,26). The van der Waals surface area contributed by atoms with Crippen molar-refractivity contribution in [3.05, 3.63) is 59.9 Å². The number of nitrogens with one attached hydrogen (secondary N) is 1. The lowest BCUT2D eigenvalue weighted by Crippen LogP contribution is -2.20. The minimum atomic E-state index is -4.51. The fourth-order valence-corrected chi connectivity index (χ4v) is 2.16. The van der Waals surface area contributed by atoms with E-state index in [9.17, 15) is 22.4 Å². The van der Waals surface area contributed by atoms with Gasteiger partial charge in [0.05, 0.1) is 5.56 Å². The predicted molar refractivity (Wildman–Crippen MR) is 83.3 cm³/mol. The van der Waals surface area contributed by atoms with Crippen LogP contribution in [-0.2, 0) is 17.5 Å². The number of hydrogen-bond acceptors (Lipinski definition) is 4. The molecule has 0 aliphatic rings. The van der Waals surface area contributed by atoms with Crippen LogP contribution in [0.15, 0.2) is 48.5 Å². The summed E-state index contributed by atoms with van der Waals surface area (Å²) in [4.78, 5) is 12.9. The van der Waals surface area contributed by atoms with Crippen molar-refractivity contribution in [2.45, 2.75) is 12.7 Å². The summed E-state index contributed by atoms with van der Waals surface area (Å²) in [5, 5.41) is 13.7. The van der Waals surface area contributed by atoms with E-state index in [4.69, 9.17) is 0 Å². The SMILES string of the molecule is O=C(Cn1nnc(-c2cccc(F)c2)n1)Nc1cccc(C(F)(F)F)c1. The molecular weight excluding hydrogens is 354 g/mol. The molecule has 10 heteroatoms. The first-order chi connectivity index (χ1) is 12.3. The molecule has 1 amide bonds. The Balaban J connectivity index is 1.68. The van der Waals surface area contributed by atoms with Crippen molar-refractivity contribution in [3.8, 4) is 11.4 Å². The molecule has 0 aliphatic carbocycles. The summed E-state index contributed by atoms with van der Waals surface area (Å²) in [7, 11) is 0. The normalized spacial score (nSPS) is 11.4. The highest BCUT2D eigenvalue weighted by molar-refractivity contribution is 5.90. The Morgan fingerprint density at radius 1 is 1.12 bits per heavy atom. The number of hydrogen-bond donors (Lipinski definition) is 1. The Morgan fingerprint density at radius 3 is 2.62 bits per heavy atom. The van der Waals surface area contributed by atoms with Gasteiger partial charge in [0.15, 0.2) is 0 Å². The van der Waals surface area contributed by atoms with Gasteiger partial charge < -0.3 is 5.32 Å². The average molecular weight is 365 g/mol. The monoisotopic (exact) mass is 365 g/mol. The van der Waals surface area contributed by atoms with Gasteiger partial charge in [-0.2, -0.15) is 18.0 Å². The zero-order chi connectivity index (χ0) is 18.7. The number of alkyl halides is 3. The van der Waals surface area contributed by atoms with Gasteiger partial charge in [0, 0.05) is 11.3 Å². The largest absolute Gasteiger partial charge is 0.416 e. The molecule has 0 aliphatic heterocycles. The van der Waals surface area contributed by atoms with Crippen molar-refractivity contribution in [2.75, 3.05) is 5.32 Å². The van der Waals surface area contributed by atoms with Crippen LogP contribution in [0.3, 0.4) is 0 Å². The van der Waals surface area contributed by atoms with Crippen molar-refractivity contribution in [2.24, 2.45) is 0 Å². The number of carbonyl (C=O) groups is 1. The maximum atomic E-state index is 13.2. The van der Waals surface area contributed by atoms with Crippen LogP contribution in [0.25, 0.3) is 11.4 Å². The van der Waals surface area contributed by atoms with Gasteiger partial charge in [0.1, 0.15) is 12.4 Å². The molecule has 1 aromatic heterocycles. The van der Waals surface area contributed by atoms with E-state index in [0.29, 0.717) is 5.56 Å². The van der Waals surface area contributed by atoms with Crippen LogP contribution in [0, 0.1) is 5.82 Å². The molecule has 0 spiro atoms. The number of aromatic nitrogens is 4. The van der Waals surface area contributed by atoms with E-state index in [0.717, 1.165) is 16.9 Å². The average Bonchev–Trinajstić information content (AvgIpc) is 3.02. The topological polar surface area (TPSA) is 72.7 Å². The number of tetrazole rings is 1. The Bertz CT molecular complexity index is 938. The van der Waals surface area contributed by atoms with E-state index in [2.05, 4.69) is 20.7 Å². The van der Waals surface area contributed by atoms with Crippen LogP contribution in [0.4, 0.5) is 23.2 Å². The summed E-state index contributed by atoms with van der Waals surface area (Å²) in [6, 6.07) is 9.78. The zero-order valence-electron chi connectivity index (χ0n) is 13.0. The molecule has 3 aromatic rings. The fourth-order valence-electron chi connectivity index (χ4n) is 2.16. The summed E-state index contributed by atoms with van der Waals surface area (Å²) in [6.45, 7) is -0.363. The third-order valence-electron chi connectivity index (χ3n) is 3.29. The van der Waals surface area contributed by atoms with Crippen molar-refractivity contribution in [1.29, 1.82) is 0 Å². The highest BCUT2D eigenvalue weighted by Gasteiger charge is 2.30. The smallest absolute Gasteiger partial charge is 0.324 e. The number of halogens is 4. The third kappa shape index (κ3) is 4.21. The number of amides is 1. The Labute approximate surface area is 144 Å². The summed E-state index contributed by atoms with van der Waals surface area (Å²) in [5.74, 6) is -0.981. The van der Waals surface area contributed by atoms with Crippen LogP contribution in [0.5, 0.6) is 0 Å². The minimum Gasteiger partial charge on any atom is -0.324 e. The first-order valence-corrected chi connectivity index (χ1v) is 7.32. The quantitative estimate of drug-likeness (QED) is 0.721. The molecule has 0 unspecified atom stereocenters. The molecule has 26 heavy (non-hydrogen) atoms. The van der Waals surface area contributed by atoms with E-state index in [1.807, 2.05) is 0 Å². The van der Waals surface area contributed by atoms with E-state index < -0.39 is 23.5 Å². The van der Waals surface area contributed by atoms with Crippen LogP contribution in [0.2, 0.25) is 0 Å². The van der Waals surface area contributed by atoms with Gasteiger partial charge in [-0.3, -0.25) is 4.79 Å². The van der Waals surface area contributed by atoms with Gasteiger partial charge in [0.25, 0.3) is 0 Å². The minimum absolute atomic E-state index is 0.00436. The lowest BCUT2D eigenvalue weighted by molar-refractivity contribution is -0.137. The lowest BCUT2D eigenvalue weighted by Gasteiger charge is -2.09. The molecule has 0 atom stereocenters. The lowest BCUT2D eigenvalue weighted by atomic mass is 10.2. The molecule has 1 heterocycles. The second-order valence-corrected chi connectivity index (χ2v) is 5.28. The molecule has 1 N–H and O–H groups in total. The molecular formula is C16H11F4N5O. The summed E-state index contributed by atoms with van der Waals surface area (Å²) < 4.78 is 51.2. The Hall–Kier alpha value is -3.30. The Morgan fingerprint density at radius 2 is 1.88 bits per heavy atom. The second-order valence-electron chi connectivity index (χ2n) is 5.28. The maximum Gasteiger partial charge on any atom is 0.416 e. The molecule has 134 valence electrons. The second kappa shape index (κ2) is 6.90. The number of rotatable bonds is 4. The molecule has 0 saturated carbocycles. The molecule has 3 rings (SSSR count). The van der Waals surface area contributed by atoms with Gasteiger partial charge in [-0.25, -0.2) is 4.39 Å². The van der Waals surface area contributed by atoms with Crippen LogP contribution >= 0.6 is 0 Å². The predicted octanol–water partition coefficient (Wildman–Crippen LogP) is 3.14. The number of anilines is 1. The molecule has 0 saturated heterocycles. The first-order valence-electron chi connectivity index (χ1n) is 7.32. The van der Waals surface area contributed by atoms with Crippen molar-refractivity contribution >= 4 is 11.6 Å². The van der Waals surface area contributed by atoms with Gasteiger partial charge >= 0.3 is 6.18 Å². The zero-order valence-corrected chi connectivity index (χ0v) is 13.0.